The third-order valence-electron chi connectivity index (χ3n) is 4.84. The Hall–Kier alpha value is -3.49. The van der Waals surface area contributed by atoms with Gasteiger partial charge in [0.1, 0.15) is 0 Å². The molecule has 1 N–H and O–H groups in total. The van der Waals surface area contributed by atoms with Crippen LogP contribution in [0.15, 0.2) is 53.6 Å². The number of para-hydroxylation sites is 1. The van der Waals surface area contributed by atoms with Crippen LogP contribution < -0.4 is 10.3 Å². The highest BCUT2D eigenvalue weighted by atomic mass is 19.4. The molecule has 1 amide bonds. The summed E-state index contributed by atoms with van der Waals surface area (Å²) in [6.07, 6.45) is -3.32. The van der Waals surface area contributed by atoms with Crippen LogP contribution in [0.5, 0.6) is 0 Å². The van der Waals surface area contributed by atoms with Gasteiger partial charge in [-0.3, -0.25) is 10.2 Å². The molecule has 30 heavy (non-hydrogen) atoms. The van der Waals surface area contributed by atoms with Crippen LogP contribution in [0.25, 0.3) is 10.9 Å². The molecule has 0 spiro atoms. The van der Waals surface area contributed by atoms with Gasteiger partial charge in [-0.1, -0.05) is 24.3 Å². The van der Waals surface area contributed by atoms with Crippen LogP contribution in [0.4, 0.5) is 24.7 Å². The number of halogens is 3. The standard InChI is InChI=1S/C21H18F3N5O/c1-13(14-6-4-7-15(12-14)29-11-5-10-18(29)30)27-28-19-16-8-2-3-9-17(16)25-20(26-19)21(22,23)24/h2-4,6-9,12H,5,10-11H2,1H3,(H,25,26,28)/b27-13-. The Bertz CT molecular complexity index is 1140. The van der Waals surface area contributed by atoms with E-state index in [2.05, 4.69) is 20.5 Å². The Balaban J connectivity index is 1.65. The van der Waals surface area contributed by atoms with Crippen molar-refractivity contribution in [2.45, 2.75) is 25.9 Å². The Morgan fingerprint density at radius 1 is 1.13 bits per heavy atom. The summed E-state index contributed by atoms with van der Waals surface area (Å²) < 4.78 is 39.5. The van der Waals surface area contributed by atoms with Gasteiger partial charge in [-0.25, -0.2) is 9.97 Å². The molecule has 2 aromatic carbocycles. The number of hydrogen-bond acceptors (Lipinski definition) is 5. The number of hydrogen-bond donors (Lipinski definition) is 1. The Morgan fingerprint density at radius 2 is 1.93 bits per heavy atom. The lowest BCUT2D eigenvalue weighted by Crippen LogP contribution is -2.23. The van der Waals surface area contributed by atoms with Crippen LogP contribution in [0.1, 0.15) is 31.2 Å². The van der Waals surface area contributed by atoms with Gasteiger partial charge in [0.05, 0.1) is 11.2 Å². The first-order valence-electron chi connectivity index (χ1n) is 9.38. The van der Waals surface area contributed by atoms with Gasteiger partial charge >= 0.3 is 6.18 Å². The van der Waals surface area contributed by atoms with E-state index in [-0.39, 0.29) is 17.2 Å². The van der Waals surface area contributed by atoms with Crippen molar-refractivity contribution in [1.82, 2.24) is 9.97 Å². The van der Waals surface area contributed by atoms with Gasteiger partial charge < -0.3 is 4.90 Å². The lowest BCUT2D eigenvalue weighted by Gasteiger charge is -2.16. The largest absolute Gasteiger partial charge is 0.451 e. The van der Waals surface area contributed by atoms with Crippen molar-refractivity contribution in [3.63, 3.8) is 0 Å². The number of alkyl halides is 3. The molecule has 154 valence electrons. The number of hydrazone groups is 1. The zero-order valence-electron chi connectivity index (χ0n) is 16.1. The molecular formula is C21H18F3N5O. The van der Waals surface area contributed by atoms with Crippen molar-refractivity contribution in [3.8, 4) is 0 Å². The summed E-state index contributed by atoms with van der Waals surface area (Å²) in [4.78, 5) is 20.9. The minimum atomic E-state index is -4.67. The maximum Gasteiger partial charge on any atom is 0.451 e. The van der Waals surface area contributed by atoms with Crippen LogP contribution in [0.3, 0.4) is 0 Å². The van der Waals surface area contributed by atoms with Gasteiger partial charge in [0, 0.05) is 24.0 Å². The number of fused-ring (bicyclic) bond motifs is 1. The maximum absolute atomic E-state index is 13.2. The smallest absolute Gasteiger partial charge is 0.312 e. The molecule has 1 fully saturated rings. The molecule has 0 bridgehead atoms. The van der Waals surface area contributed by atoms with E-state index in [9.17, 15) is 18.0 Å². The molecular weight excluding hydrogens is 395 g/mol. The van der Waals surface area contributed by atoms with Crippen LogP contribution in [0.2, 0.25) is 0 Å². The molecule has 0 aliphatic carbocycles. The second-order valence-corrected chi connectivity index (χ2v) is 6.92. The summed E-state index contributed by atoms with van der Waals surface area (Å²) in [7, 11) is 0. The maximum atomic E-state index is 13.2. The highest BCUT2D eigenvalue weighted by molar-refractivity contribution is 6.02. The fourth-order valence-electron chi connectivity index (χ4n) is 3.31. The fourth-order valence-corrected chi connectivity index (χ4v) is 3.31. The first-order valence-corrected chi connectivity index (χ1v) is 9.38. The number of rotatable bonds is 4. The van der Waals surface area contributed by atoms with E-state index in [1.54, 1.807) is 30.0 Å². The third-order valence-corrected chi connectivity index (χ3v) is 4.84. The molecule has 0 unspecified atom stereocenters. The number of carbonyl (C=O) groups is 1. The number of benzene rings is 2. The van der Waals surface area contributed by atoms with Crippen LogP contribution in [-0.4, -0.2) is 28.1 Å². The van der Waals surface area contributed by atoms with Crippen molar-refractivity contribution in [3.05, 3.63) is 59.9 Å². The zero-order valence-corrected chi connectivity index (χ0v) is 16.1. The zero-order chi connectivity index (χ0) is 21.3. The summed E-state index contributed by atoms with van der Waals surface area (Å²) in [5, 5.41) is 4.66. The lowest BCUT2D eigenvalue weighted by atomic mass is 10.1. The number of carbonyl (C=O) groups excluding carboxylic acids is 1. The van der Waals surface area contributed by atoms with Crippen LogP contribution >= 0.6 is 0 Å². The Labute approximate surface area is 170 Å². The Kier molecular flexibility index (Phi) is 5.11. The highest BCUT2D eigenvalue weighted by Gasteiger charge is 2.35. The average Bonchev–Trinajstić information content (AvgIpc) is 3.17. The van der Waals surface area contributed by atoms with Crippen molar-refractivity contribution < 1.29 is 18.0 Å². The van der Waals surface area contributed by atoms with Crippen molar-refractivity contribution >= 4 is 34.0 Å². The van der Waals surface area contributed by atoms with Crippen molar-refractivity contribution in [1.29, 1.82) is 0 Å². The molecule has 1 saturated heterocycles. The average molecular weight is 413 g/mol. The van der Waals surface area contributed by atoms with Crippen molar-refractivity contribution in [2.75, 3.05) is 16.9 Å². The second-order valence-electron chi connectivity index (χ2n) is 6.92. The first kappa shape index (κ1) is 19.8. The van der Waals surface area contributed by atoms with Gasteiger partial charge in [-0.05, 0) is 43.2 Å². The topological polar surface area (TPSA) is 70.5 Å². The molecule has 0 atom stereocenters. The first-order chi connectivity index (χ1) is 14.3. The molecule has 3 aromatic rings. The third kappa shape index (κ3) is 3.96. The number of nitrogens with one attached hydrogen (secondary N) is 1. The van der Waals surface area contributed by atoms with Gasteiger partial charge in [0.25, 0.3) is 0 Å². The monoisotopic (exact) mass is 413 g/mol. The molecule has 0 radical (unpaired) electrons. The van der Waals surface area contributed by atoms with Gasteiger partial charge in [-0.2, -0.15) is 18.3 Å². The number of amides is 1. The summed E-state index contributed by atoms with van der Waals surface area (Å²) in [6, 6.07) is 13.7. The molecule has 4 rings (SSSR count). The molecule has 6 nitrogen and oxygen atoms in total. The number of anilines is 2. The van der Waals surface area contributed by atoms with Crippen LogP contribution in [-0.2, 0) is 11.0 Å². The van der Waals surface area contributed by atoms with Crippen LogP contribution in [0, 0.1) is 0 Å². The minimum absolute atomic E-state index is 0.0295. The molecule has 1 aromatic heterocycles. The summed E-state index contributed by atoms with van der Waals surface area (Å²) in [5.74, 6) is -1.18. The predicted octanol–water partition coefficient (Wildman–Crippen LogP) is 4.61. The summed E-state index contributed by atoms with van der Waals surface area (Å²) in [5.41, 5.74) is 4.88. The second kappa shape index (κ2) is 7.74. The summed E-state index contributed by atoms with van der Waals surface area (Å²) in [6.45, 7) is 2.40. The molecule has 9 heteroatoms. The minimum Gasteiger partial charge on any atom is -0.312 e. The van der Waals surface area contributed by atoms with E-state index in [0.29, 0.717) is 24.1 Å². The SMILES string of the molecule is C/C(=N/Nc1nc(C(F)(F)F)nc2ccccc12)c1cccc(N2CCCC2=O)c1. The Morgan fingerprint density at radius 3 is 2.67 bits per heavy atom. The number of aromatic nitrogens is 2. The normalized spacial score (nSPS) is 15.1. The number of nitrogens with zero attached hydrogens (tertiary/aromatic N) is 4. The van der Waals surface area contributed by atoms with Crippen molar-refractivity contribution in [2.24, 2.45) is 5.10 Å². The fraction of sp³-hybridized carbons (Fsp3) is 0.238. The van der Waals surface area contributed by atoms with Gasteiger partial charge in [0.15, 0.2) is 5.82 Å². The molecule has 0 saturated carbocycles. The quantitative estimate of drug-likeness (QED) is 0.501. The van der Waals surface area contributed by atoms with E-state index in [1.807, 2.05) is 24.3 Å². The molecule has 1 aliphatic heterocycles. The highest BCUT2D eigenvalue weighted by Crippen LogP contribution is 2.30. The molecule has 1 aliphatic rings. The lowest BCUT2D eigenvalue weighted by molar-refractivity contribution is -0.144. The van der Waals surface area contributed by atoms with E-state index < -0.39 is 12.0 Å². The van der Waals surface area contributed by atoms with E-state index in [1.165, 1.54) is 6.07 Å². The van der Waals surface area contributed by atoms with Gasteiger partial charge in [0.2, 0.25) is 11.7 Å². The van der Waals surface area contributed by atoms with Gasteiger partial charge in [-0.15, -0.1) is 0 Å². The predicted molar refractivity (Wildman–Crippen MR) is 108 cm³/mol. The van der Waals surface area contributed by atoms with E-state index >= 15 is 0 Å². The van der Waals surface area contributed by atoms with E-state index in [0.717, 1.165) is 17.7 Å². The van der Waals surface area contributed by atoms with E-state index in [4.69, 9.17) is 0 Å². The summed E-state index contributed by atoms with van der Waals surface area (Å²) >= 11 is 0. The molecule has 2 heterocycles.